The smallest absolute Gasteiger partial charge is 0.509 e. The molecule has 0 atom stereocenters. The van der Waals surface area contributed by atoms with E-state index in [9.17, 15) is 5.02 Å². The fourth-order valence-corrected chi connectivity index (χ4v) is 4.70. The Bertz CT molecular complexity index is 1760. The molecule has 35 heavy (non-hydrogen) atoms. The second-order valence-electron chi connectivity index (χ2n) is 8.21. The van der Waals surface area contributed by atoms with E-state index in [4.69, 9.17) is 13.5 Å². The van der Waals surface area contributed by atoms with E-state index in [1.807, 2.05) is 91.0 Å². The lowest BCUT2D eigenvalue weighted by Gasteiger charge is -2.09. The van der Waals surface area contributed by atoms with Crippen LogP contribution in [0.4, 0.5) is 0 Å². The summed E-state index contributed by atoms with van der Waals surface area (Å²) in [5, 5.41) is 13.4. The Hall–Kier alpha value is -4.62. The summed E-state index contributed by atoms with van der Waals surface area (Å²) in [5.41, 5.74) is 5.84. The normalized spacial score (nSPS) is 11.6. The van der Waals surface area contributed by atoms with Crippen LogP contribution < -0.4 is 4.65 Å². The highest BCUT2D eigenvalue weighted by Gasteiger charge is 2.18. The van der Waals surface area contributed by atoms with Gasteiger partial charge in [-0.05, 0) is 30.3 Å². The van der Waals surface area contributed by atoms with Crippen molar-refractivity contribution in [3.8, 4) is 28.5 Å². The molecule has 0 unspecified atom stereocenters. The zero-order chi connectivity index (χ0) is 23.4. The molecule has 0 saturated heterocycles. The SMILES string of the molecule is O[B]Oc1nc(-c2cccc3c2oc2ccccc23)cc(-c2cccc3c2oc2ccccc23)n1. The van der Waals surface area contributed by atoms with Gasteiger partial charge in [-0.15, -0.1) is 0 Å². The Morgan fingerprint density at radius 1 is 0.600 bits per heavy atom. The van der Waals surface area contributed by atoms with E-state index < -0.39 is 0 Å². The number of benzene rings is 4. The maximum Gasteiger partial charge on any atom is 0.571 e. The molecule has 4 aromatic carbocycles. The van der Waals surface area contributed by atoms with Crippen molar-refractivity contribution < 1.29 is 18.5 Å². The molecule has 3 aromatic heterocycles. The summed E-state index contributed by atoms with van der Waals surface area (Å²) < 4.78 is 17.7. The van der Waals surface area contributed by atoms with E-state index in [1.54, 1.807) is 0 Å². The van der Waals surface area contributed by atoms with Crippen molar-refractivity contribution in [1.82, 2.24) is 9.97 Å². The highest BCUT2D eigenvalue weighted by molar-refractivity contribution is 6.17. The molecule has 0 aliphatic rings. The van der Waals surface area contributed by atoms with Crippen LogP contribution in [0.3, 0.4) is 0 Å². The average Bonchev–Trinajstić information content (AvgIpc) is 3.47. The Morgan fingerprint density at radius 2 is 1.09 bits per heavy atom. The molecule has 0 saturated carbocycles. The van der Waals surface area contributed by atoms with E-state index in [2.05, 4.69) is 9.97 Å². The number of para-hydroxylation sites is 4. The molecule has 0 aliphatic heterocycles. The molecular weight excluding hydrogens is 439 g/mol. The Balaban J connectivity index is 1.49. The van der Waals surface area contributed by atoms with Gasteiger partial charge < -0.3 is 18.5 Å². The van der Waals surface area contributed by atoms with E-state index in [1.165, 1.54) is 0 Å². The van der Waals surface area contributed by atoms with E-state index in [0.717, 1.165) is 55.0 Å². The van der Waals surface area contributed by atoms with Crippen molar-refractivity contribution in [3.63, 3.8) is 0 Å². The van der Waals surface area contributed by atoms with Gasteiger partial charge in [0.15, 0.2) is 0 Å². The summed E-state index contributed by atoms with van der Waals surface area (Å²) in [6.07, 6.45) is 0. The Kier molecular flexibility index (Phi) is 4.37. The largest absolute Gasteiger partial charge is 0.571 e. The van der Waals surface area contributed by atoms with Crippen molar-refractivity contribution in [1.29, 1.82) is 0 Å². The molecule has 1 radical (unpaired) electrons. The minimum atomic E-state index is 0.0150. The lowest BCUT2D eigenvalue weighted by molar-refractivity contribution is 0.431. The standard InChI is InChI=1S/C28H16BN2O4/c32-29-35-28-30-22(20-11-5-9-18-16-7-1-3-13-24(16)33-26(18)20)15-23(31-28)21-12-6-10-19-17-8-2-4-14-25(17)34-27(19)21/h1-15,32H. The van der Waals surface area contributed by atoms with Crippen LogP contribution in [0.2, 0.25) is 0 Å². The predicted octanol–water partition coefficient (Wildman–Crippen LogP) is 6.51. The predicted molar refractivity (Wildman–Crippen MR) is 136 cm³/mol. The summed E-state index contributed by atoms with van der Waals surface area (Å²) in [6.45, 7) is 0. The third-order valence-electron chi connectivity index (χ3n) is 6.22. The van der Waals surface area contributed by atoms with Crippen LogP contribution in [0.25, 0.3) is 66.4 Å². The summed E-state index contributed by atoms with van der Waals surface area (Å²) in [6, 6.07) is 29.6. The molecular formula is C28H16BN2O4. The third kappa shape index (κ3) is 3.09. The van der Waals surface area contributed by atoms with E-state index in [0.29, 0.717) is 19.1 Å². The summed E-state index contributed by atoms with van der Waals surface area (Å²) in [4.78, 5) is 9.09. The second-order valence-corrected chi connectivity index (χ2v) is 8.21. The average molecular weight is 455 g/mol. The first-order valence-electron chi connectivity index (χ1n) is 11.1. The zero-order valence-corrected chi connectivity index (χ0v) is 18.3. The maximum atomic E-state index is 9.31. The first-order valence-corrected chi connectivity index (χ1v) is 11.1. The number of hydrogen-bond donors (Lipinski definition) is 1. The molecule has 7 rings (SSSR count). The van der Waals surface area contributed by atoms with Crippen molar-refractivity contribution in [2.75, 3.05) is 0 Å². The van der Waals surface area contributed by atoms with Crippen LogP contribution in [0.5, 0.6) is 6.01 Å². The lowest BCUT2D eigenvalue weighted by atomic mass is 10.0. The molecule has 3 heterocycles. The van der Waals surface area contributed by atoms with Crippen LogP contribution in [-0.2, 0) is 0 Å². The maximum absolute atomic E-state index is 9.31. The Morgan fingerprint density at radius 3 is 1.60 bits per heavy atom. The van der Waals surface area contributed by atoms with Crippen LogP contribution in [-0.4, -0.2) is 22.7 Å². The van der Waals surface area contributed by atoms with E-state index >= 15 is 0 Å². The van der Waals surface area contributed by atoms with Gasteiger partial charge in [-0.2, -0.15) is 9.97 Å². The van der Waals surface area contributed by atoms with Crippen LogP contribution >= 0.6 is 0 Å². The number of hydrogen-bond acceptors (Lipinski definition) is 6. The fourth-order valence-electron chi connectivity index (χ4n) is 4.70. The Labute approximate surface area is 199 Å². The molecule has 0 fully saturated rings. The highest BCUT2D eigenvalue weighted by atomic mass is 16.5. The fraction of sp³-hybridized carbons (Fsp3) is 0. The lowest BCUT2D eigenvalue weighted by Crippen LogP contribution is -2.05. The number of nitrogens with zero attached hydrogens (tertiary/aromatic N) is 2. The topological polar surface area (TPSA) is 81.5 Å². The van der Waals surface area contributed by atoms with Gasteiger partial charge in [-0.3, -0.25) is 0 Å². The van der Waals surface area contributed by atoms with Gasteiger partial charge in [0.1, 0.15) is 22.3 Å². The van der Waals surface area contributed by atoms with Gasteiger partial charge in [-0.1, -0.05) is 60.7 Å². The van der Waals surface area contributed by atoms with Crippen LogP contribution in [0, 0.1) is 0 Å². The van der Waals surface area contributed by atoms with Crippen molar-refractivity contribution in [2.45, 2.75) is 0 Å². The van der Waals surface area contributed by atoms with Crippen LogP contribution in [0.1, 0.15) is 0 Å². The monoisotopic (exact) mass is 455 g/mol. The first kappa shape index (κ1) is 19.8. The summed E-state index contributed by atoms with van der Waals surface area (Å²) in [5.74, 6) is 0. The van der Waals surface area contributed by atoms with Crippen molar-refractivity contribution >= 4 is 51.6 Å². The molecule has 6 nitrogen and oxygen atoms in total. The summed E-state index contributed by atoms with van der Waals surface area (Å²) >= 11 is 0. The molecule has 0 bridgehead atoms. The van der Waals surface area contributed by atoms with E-state index in [-0.39, 0.29) is 6.01 Å². The number of furan rings is 2. The first-order chi connectivity index (χ1) is 17.3. The molecule has 165 valence electrons. The number of fused-ring (bicyclic) bond motifs is 6. The van der Waals surface area contributed by atoms with Gasteiger partial charge >= 0.3 is 13.7 Å². The minimum Gasteiger partial charge on any atom is -0.509 e. The third-order valence-corrected chi connectivity index (χ3v) is 6.22. The van der Waals surface area contributed by atoms with Crippen LogP contribution in [0.15, 0.2) is 99.8 Å². The quantitative estimate of drug-likeness (QED) is 0.305. The van der Waals surface area contributed by atoms with Gasteiger partial charge in [0.25, 0.3) is 0 Å². The summed E-state index contributed by atoms with van der Waals surface area (Å²) in [7, 11) is 0.576. The zero-order valence-electron chi connectivity index (χ0n) is 18.3. The minimum absolute atomic E-state index is 0.0150. The van der Waals surface area contributed by atoms with Gasteiger partial charge in [-0.25, -0.2) is 0 Å². The molecule has 0 aliphatic carbocycles. The molecule has 0 spiro atoms. The molecule has 1 N–H and O–H groups in total. The highest BCUT2D eigenvalue weighted by Crippen LogP contribution is 2.39. The molecule has 7 heteroatoms. The molecule has 7 aromatic rings. The number of rotatable bonds is 4. The number of aromatic nitrogens is 2. The van der Waals surface area contributed by atoms with Gasteiger partial charge in [0, 0.05) is 32.7 Å². The van der Waals surface area contributed by atoms with Crippen molar-refractivity contribution in [2.24, 2.45) is 0 Å². The van der Waals surface area contributed by atoms with Gasteiger partial charge in [0.05, 0.1) is 11.4 Å². The van der Waals surface area contributed by atoms with Crippen molar-refractivity contribution in [3.05, 3.63) is 91.0 Å². The second kappa shape index (κ2) is 7.72. The van der Waals surface area contributed by atoms with Gasteiger partial charge in [0.2, 0.25) is 0 Å². The molecule has 0 amide bonds.